The number of rotatable bonds is 0. The lowest BCUT2D eigenvalue weighted by Crippen LogP contribution is -1.91. The highest BCUT2D eigenvalue weighted by Gasteiger charge is 2.14. The normalized spacial score (nSPS) is 22.9. The molecule has 0 fully saturated rings. The molecule has 0 aromatic heterocycles. The molecule has 0 saturated carbocycles. The lowest BCUT2D eigenvalue weighted by atomic mass is 10.0. The lowest BCUT2D eigenvalue weighted by Gasteiger charge is -2.08. The van der Waals surface area contributed by atoms with Gasteiger partial charge in [0.05, 0.1) is 5.38 Å². The van der Waals surface area contributed by atoms with Gasteiger partial charge in [-0.2, -0.15) is 0 Å². The lowest BCUT2D eigenvalue weighted by molar-refractivity contribution is 0.700. The van der Waals surface area contributed by atoms with E-state index in [9.17, 15) is 0 Å². The second kappa shape index (κ2) is 3.49. The van der Waals surface area contributed by atoms with E-state index in [2.05, 4.69) is 24.3 Å². The SMILES string of the molecule is ClC1CCCCc2ccccc21. The third-order valence-corrected chi connectivity index (χ3v) is 3.00. The van der Waals surface area contributed by atoms with Crippen LogP contribution in [0.5, 0.6) is 0 Å². The van der Waals surface area contributed by atoms with Crippen molar-refractivity contribution < 1.29 is 0 Å². The zero-order valence-electron chi connectivity index (χ0n) is 7.09. The van der Waals surface area contributed by atoms with Gasteiger partial charge in [0, 0.05) is 0 Å². The predicted molar refractivity (Wildman–Crippen MR) is 52.6 cm³/mol. The van der Waals surface area contributed by atoms with E-state index in [1.807, 2.05) is 0 Å². The van der Waals surface area contributed by atoms with Crippen LogP contribution in [0.4, 0.5) is 0 Å². The Morgan fingerprint density at radius 2 is 2.00 bits per heavy atom. The Bertz CT molecular complexity index is 267. The fraction of sp³-hybridized carbons (Fsp3) is 0.455. The molecule has 1 aliphatic carbocycles. The summed E-state index contributed by atoms with van der Waals surface area (Å²) in [5.41, 5.74) is 2.81. The zero-order chi connectivity index (χ0) is 8.39. The average Bonchev–Trinajstić information content (AvgIpc) is 2.29. The van der Waals surface area contributed by atoms with Gasteiger partial charge in [-0.05, 0) is 30.4 Å². The number of fused-ring (bicyclic) bond motifs is 1. The molecule has 12 heavy (non-hydrogen) atoms. The van der Waals surface area contributed by atoms with Crippen LogP contribution in [0, 0.1) is 0 Å². The highest BCUT2D eigenvalue weighted by molar-refractivity contribution is 6.20. The molecule has 0 nitrogen and oxygen atoms in total. The predicted octanol–water partition coefficient (Wildman–Crippen LogP) is 3.69. The molecule has 0 aliphatic heterocycles. The van der Waals surface area contributed by atoms with Crippen LogP contribution in [0.15, 0.2) is 24.3 Å². The molecule has 0 N–H and O–H groups in total. The number of halogens is 1. The Balaban J connectivity index is 2.39. The van der Waals surface area contributed by atoms with Crippen LogP contribution in [0.25, 0.3) is 0 Å². The van der Waals surface area contributed by atoms with E-state index in [0.717, 1.165) is 6.42 Å². The highest BCUT2D eigenvalue weighted by atomic mass is 35.5. The van der Waals surface area contributed by atoms with E-state index in [4.69, 9.17) is 11.6 Å². The fourth-order valence-electron chi connectivity index (χ4n) is 1.86. The molecule has 0 bridgehead atoms. The van der Waals surface area contributed by atoms with Gasteiger partial charge in [0.2, 0.25) is 0 Å². The summed E-state index contributed by atoms with van der Waals surface area (Å²) in [6.45, 7) is 0. The summed E-state index contributed by atoms with van der Waals surface area (Å²) in [6.07, 6.45) is 4.90. The van der Waals surface area contributed by atoms with Crippen molar-refractivity contribution in [1.82, 2.24) is 0 Å². The molecule has 0 amide bonds. The van der Waals surface area contributed by atoms with Crippen LogP contribution in [0.2, 0.25) is 0 Å². The molecule has 0 saturated heterocycles. The van der Waals surface area contributed by atoms with E-state index in [0.29, 0.717) is 0 Å². The van der Waals surface area contributed by atoms with Crippen molar-refractivity contribution in [3.05, 3.63) is 35.4 Å². The van der Waals surface area contributed by atoms with E-state index >= 15 is 0 Å². The van der Waals surface area contributed by atoms with Crippen LogP contribution < -0.4 is 0 Å². The van der Waals surface area contributed by atoms with E-state index < -0.39 is 0 Å². The molecule has 1 aliphatic rings. The number of aryl methyl sites for hydroxylation is 1. The molecular weight excluding hydrogens is 168 g/mol. The molecule has 0 radical (unpaired) electrons. The Labute approximate surface area is 78.6 Å². The maximum Gasteiger partial charge on any atom is 0.0587 e. The van der Waals surface area contributed by atoms with Crippen molar-refractivity contribution in [1.29, 1.82) is 0 Å². The molecule has 1 aromatic rings. The highest BCUT2D eigenvalue weighted by Crippen LogP contribution is 2.32. The van der Waals surface area contributed by atoms with Crippen LogP contribution in [0.1, 0.15) is 35.8 Å². The molecule has 1 aromatic carbocycles. The summed E-state index contributed by atoms with van der Waals surface area (Å²) in [4.78, 5) is 0. The van der Waals surface area contributed by atoms with Gasteiger partial charge in [0.1, 0.15) is 0 Å². The van der Waals surface area contributed by atoms with Crippen molar-refractivity contribution >= 4 is 11.6 Å². The molecule has 0 spiro atoms. The molecule has 1 heteroatoms. The molecule has 2 rings (SSSR count). The first-order valence-corrected chi connectivity index (χ1v) is 5.03. The van der Waals surface area contributed by atoms with E-state index in [1.54, 1.807) is 0 Å². The maximum atomic E-state index is 6.25. The molecular formula is C11H13Cl. The number of alkyl halides is 1. The van der Waals surface area contributed by atoms with Crippen molar-refractivity contribution in [2.24, 2.45) is 0 Å². The third kappa shape index (κ3) is 1.49. The summed E-state index contributed by atoms with van der Waals surface area (Å²) in [7, 11) is 0. The van der Waals surface area contributed by atoms with Crippen LogP contribution in [-0.2, 0) is 6.42 Å². The van der Waals surface area contributed by atoms with Gasteiger partial charge in [-0.15, -0.1) is 11.6 Å². The Morgan fingerprint density at radius 3 is 2.92 bits per heavy atom. The molecule has 1 atom stereocenters. The zero-order valence-corrected chi connectivity index (χ0v) is 7.85. The van der Waals surface area contributed by atoms with E-state index in [1.165, 1.54) is 30.4 Å². The number of hydrogen-bond donors (Lipinski definition) is 0. The van der Waals surface area contributed by atoms with Gasteiger partial charge < -0.3 is 0 Å². The maximum absolute atomic E-state index is 6.25. The van der Waals surface area contributed by atoms with Gasteiger partial charge in [-0.3, -0.25) is 0 Å². The smallest absolute Gasteiger partial charge is 0.0587 e. The van der Waals surface area contributed by atoms with Gasteiger partial charge in [-0.25, -0.2) is 0 Å². The van der Waals surface area contributed by atoms with Crippen molar-refractivity contribution in [3.63, 3.8) is 0 Å². The van der Waals surface area contributed by atoms with Crippen LogP contribution in [-0.4, -0.2) is 0 Å². The second-order valence-corrected chi connectivity index (χ2v) is 3.94. The number of benzene rings is 1. The minimum atomic E-state index is 0.253. The van der Waals surface area contributed by atoms with E-state index in [-0.39, 0.29) is 5.38 Å². The summed E-state index contributed by atoms with van der Waals surface area (Å²) < 4.78 is 0. The Hall–Kier alpha value is -0.490. The number of hydrogen-bond acceptors (Lipinski definition) is 0. The standard InChI is InChI=1S/C11H13Cl/c12-11-8-4-2-6-9-5-1-3-7-10(9)11/h1,3,5,7,11H,2,4,6,8H2. The fourth-order valence-corrected chi connectivity index (χ4v) is 2.23. The molecule has 1 unspecified atom stereocenters. The van der Waals surface area contributed by atoms with Gasteiger partial charge in [0.25, 0.3) is 0 Å². The topological polar surface area (TPSA) is 0 Å². The van der Waals surface area contributed by atoms with Crippen LogP contribution >= 0.6 is 11.6 Å². The quantitative estimate of drug-likeness (QED) is 0.422. The molecule has 64 valence electrons. The Kier molecular flexibility index (Phi) is 2.36. The third-order valence-electron chi connectivity index (χ3n) is 2.55. The average molecular weight is 181 g/mol. The van der Waals surface area contributed by atoms with Gasteiger partial charge in [-0.1, -0.05) is 30.7 Å². The molecule has 0 heterocycles. The first kappa shape index (κ1) is 8.12. The Morgan fingerprint density at radius 1 is 1.17 bits per heavy atom. The summed E-state index contributed by atoms with van der Waals surface area (Å²) >= 11 is 6.25. The van der Waals surface area contributed by atoms with Crippen molar-refractivity contribution in [2.45, 2.75) is 31.1 Å². The minimum absolute atomic E-state index is 0.253. The summed E-state index contributed by atoms with van der Waals surface area (Å²) in [5, 5.41) is 0.253. The first-order chi connectivity index (χ1) is 5.88. The second-order valence-electron chi connectivity index (χ2n) is 3.41. The van der Waals surface area contributed by atoms with Crippen molar-refractivity contribution in [2.75, 3.05) is 0 Å². The van der Waals surface area contributed by atoms with Crippen molar-refractivity contribution in [3.8, 4) is 0 Å². The van der Waals surface area contributed by atoms with Gasteiger partial charge >= 0.3 is 0 Å². The van der Waals surface area contributed by atoms with Crippen LogP contribution in [0.3, 0.4) is 0 Å². The monoisotopic (exact) mass is 180 g/mol. The summed E-state index contributed by atoms with van der Waals surface area (Å²) in [6, 6.07) is 8.56. The first-order valence-electron chi connectivity index (χ1n) is 4.60. The summed E-state index contributed by atoms with van der Waals surface area (Å²) in [5.74, 6) is 0. The largest absolute Gasteiger partial charge is 0.118 e. The van der Waals surface area contributed by atoms with Gasteiger partial charge in [0.15, 0.2) is 0 Å². The minimum Gasteiger partial charge on any atom is -0.118 e.